The number of aromatic nitrogens is 1. The van der Waals surface area contributed by atoms with Gasteiger partial charge in [0.2, 0.25) is 0 Å². The number of benzene rings is 1. The zero-order valence-electron chi connectivity index (χ0n) is 24.0. The van der Waals surface area contributed by atoms with Gasteiger partial charge in [0.15, 0.2) is 5.84 Å². The molecule has 204 valence electrons. The molecule has 2 aliphatic rings. The molecule has 2 aromatic rings. The molecular formula is C30H41N5O3. The van der Waals surface area contributed by atoms with Crippen molar-refractivity contribution in [2.45, 2.75) is 73.3 Å². The summed E-state index contributed by atoms with van der Waals surface area (Å²) in [6.07, 6.45) is 4.69. The van der Waals surface area contributed by atoms with Crippen LogP contribution in [0.3, 0.4) is 0 Å². The smallest absolute Gasteiger partial charge is 0.407 e. The van der Waals surface area contributed by atoms with Crippen LogP contribution in [0.25, 0.3) is 0 Å². The molecule has 0 unspecified atom stereocenters. The molecular weight excluding hydrogens is 478 g/mol. The monoisotopic (exact) mass is 519 g/mol. The van der Waals surface area contributed by atoms with Crippen molar-refractivity contribution in [3.63, 3.8) is 0 Å². The van der Waals surface area contributed by atoms with Gasteiger partial charge < -0.3 is 20.1 Å². The maximum atomic E-state index is 11.8. The lowest BCUT2D eigenvalue weighted by atomic mass is 9.73. The maximum absolute atomic E-state index is 11.8. The first-order valence-electron chi connectivity index (χ1n) is 13.4. The standard InChI is InChI=1S/C30H41N5O3/c1-18-13-20(14-19(2)25(18)37-12-11-32-28(36)38-29(3,4)5)26-34-17-24(35-26)23-16-33-27(31-8)22-15-30(6,7)10-9-21(22)23/h13-14,16H,9-12,15,17H2,1-8H3,(H,31,33)(H,32,36). The summed E-state index contributed by atoms with van der Waals surface area (Å²) in [5, 5.41) is 6.00. The highest BCUT2D eigenvalue weighted by atomic mass is 16.6. The van der Waals surface area contributed by atoms with Gasteiger partial charge in [-0.15, -0.1) is 0 Å². The summed E-state index contributed by atoms with van der Waals surface area (Å²) in [6, 6.07) is 4.13. The molecule has 2 N–H and O–H groups in total. The molecule has 1 aromatic carbocycles. The Labute approximate surface area is 226 Å². The number of anilines is 1. The van der Waals surface area contributed by atoms with Crippen molar-refractivity contribution in [2.24, 2.45) is 15.4 Å². The quantitative estimate of drug-likeness (QED) is 0.477. The van der Waals surface area contributed by atoms with Crippen molar-refractivity contribution in [3.8, 4) is 5.75 Å². The number of rotatable bonds is 7. The number of hydrogen-bond acceptors (Lipinski definition) is 7. The Morgan fingerprint density at radius 2 is 1.84 bits per heavy atom. The Morgan fingerprint density at radius 3 is 2.50 bits per heavy atom. The zero-order chi connectivity index (χ0) is 27.7. The topological polar surface area (TPSA) is 97.2 Å². The van der Waals surface area contributed by atoms with Gasteiger partial charge in [0.05, 0.1) is 18.8 Å². The van der Waals surface area contributed by atoms with Crippen molar-refractivity contribution in [1.29, 1.82) is 0 Å². The largest absolute Gasteiger partial charge is 0.491 e. The first kappa shape index (κ1) is 27.6. The molecule has 2 heterocycles. The van der Waals surface area contributed by atoms with Gasteiger partial charge in [-0.2, -0.15) is 0 Å². The number of aliphatic imine (C=N–C) groups is 2. The average molecular weight is 520 g/mol. The second kappa shape index (κ2) is 10.8. The minimum Gasteiger partial charge on any atom is -0.491 e. The van der Waals surface area contributed by atoms with Gasteiger partial charge in [0.25, 0.3) is 0 Å². The zero-order valence-corrected chi connectivity index (χ0v) is 24.0. The molecule has 1 aromatic heterocycles. The van der Waals surface area contributed by atoms with E-state index in [2.05, 4.69) is 36.6 Å². The predicted molar refractivity (Wildman–Crippen MR) is 153 cm³/mol. The van der Waals surface area contributed by atoms with Crippen LogP contribution < -0.4 is 15.4 Å². The molecule has 0 fully saturated rings. The number of aryl methyl sites for hydroxylation is 2. The third-order valence-electron chi connectivity index (χ3n) is 6.91. The Bertz CT molecular complexity index is 1260. The molecule has 0 saturated heterocycles. The van der Waals surface area contributed by atoms with Crippen LogP contribution in [-0.2, 0) is 17.6 Å². The molecule has 8 heteroatoms. The van der Waals surface area contributed by atoms with Crippen LogP contribution in [-0.4, -0.2) is 55.0 Å². The summed E-state index contributed by atoms with van der Waals surface area (Å²) in [4.78, 5) is 26.3. The van der Waals surface area contributed by atoms with Crippen molar-refractivity contribution in [3.05, 3.63) is 51.7 Å². The summed E-state index contributed by atoms with van der Waals surface area (Å²) in [5.74, 6) is 2.53. The third kappa shape index (κ3) is 6.34. The number of alkyl carbamates (subject to hydrolysis) is 1. The Hall–Kier alpha value is -3.42. The summed E-state index contributed by atoms with van der Waals surface area (Å²) in [6.45, 7) is 15.5. The number of carbonyl (C=O) groups is 1. The van der Waals surface area contributed by atoms with E-state index in [4.69, 9.17) is 24.4 Å². The lowest BCUT2D eigenvalue weighted by molar-refractivity contribution is 0.0520. The lowest BCUT2D eigenvalue weighted by Crippen LogP contribution is -2.34. The van der Waals surface area contributed by atoms with Crippen LogP contribution in [0.2, 0.25) is 0 Å². The van der Waals surface area contributed by atoms with E-state index >= 15 is 0 Å². The molecule has 0 radical (unpaired) electrons. The van der Waals surface area contributed by atoms with Crippen LogP contribution in [0, 0.1) is 19.3 Å². The summed E-state index contributed by atoms with van der Waals surface area (Å²) < 4.78 is 11.3. The number of nitrogens with zero attached hydrogens (tertiary/aromatic N) is 3. The van der Waals surface area contributed by atoms with Crippen molar-refractivity contribution >= 4 is 23.5 Å². The third-order valence-corrected chi connectivity index (χ3v) is 6.91. The van der Waals surface area contributed by atoms with Crippen molar-refractivity contribution < 1.29 is 14.3 Å². The minimum absolute atomic E-state index is 0.267. The predicted octanol–water partition coefficient (Wildman–Crippen LogP) is 5.41. The van der Waals surface area contributed by atoms with Crippen LogP contribution in [0.5, 0.6) is 5.75 Å². The van der Waals surface area contributed by atoms with Crippen LogP contribution in [0.4, 0.5) is 10.6 Å². The first-order valence-corrected chi connectivity index (χ1v) is 13.4. The second-order valence-corrected chi connectivity index (χ2v) is 12.0. The summed E-state index contributed by atoms with van der Waals surface area (Å²) in [7, 11) is 1.94. The number of nitrogens with one attached hydrogen (secondary N) is 2. The van der Waals surface area contributed by atoms with Crippen LogP contribution in [0.15, 0.2) is 28.3 Å². The summed E-state index contributed by atoms with van der Waals surface area (Å²) >= 11 is 0. The molecule has 1 aliphatic heterocycles. The van der Waals surface area contributed by atoms with E-state index in [0.717, 1.165) is 64.6 Å². The molecule has 1 amide bonds. The fraction of sp³-hybridized carbons (Fsp3) is 0.533. The van der Waals surface area contributed by atoms with E-state index in [1.165, 1.54) is 11.1 Å². The number of hydrogen-bond donors (Lipinski definition) is 2. The fourth-order valence-corrected chi connectivity index (χ4v) is 5.14. The number of fused-ring (bicyclic) bond motifs is 1. The highest BCUT2D eigenvalue weighted by Crippen LogP contribution is 2.39. The van der Waals surface area contributed by atoms with E-state index in [-0.39, 0.29) is 5.41 Å². The highest BCUT2D eigenvalue weighted by molar-refractivity contribution is 6.17. The summed E-state index contributed by atoms with van der Waals surface area (Å²) in [5.41, 5.74) is 7.50. The van der Waals surface area contributed by atoms with Gasteiger partial charge in [-0.3, -0.25) is 4.99 Å². The number of amides is 1. The number of ether oxygens (including phenoxy) is 2. The molecule has 8 nitrogen and oxygen atoms in total. The van der Waals surface area contributed by atoms with E-state index in [1.54, 1.807) is 0 Å². The Kier molecular flexibility index (Phi) is 7.81. The van der Waals surface area contributed by atoms with E-state index < -0.39 is 11.7 Å². The lowest BCUT2D eigenvalue weighted by Gasteiger charge is -2.33. The second-order valence-electron chi connectivity index (χ2n) is 12.0. The van der Waals surface area contributed by atoms with E-state index in [9.17, 15) is 4.79 Å². The van der Waals surface area contributed by atoms with Crippen molar-refractivity contribution in [1.82, 2.24) is 10.3 Å². The number of pyridine rings is 1. The Morgan fingerprint density at radius 1 is 1.13 bits per heavy atom. The highest BCUT2D eigenvalue weighted by Gasteiger charge is 2.31. The molecule has 0 atom stereocenters. The maximum Gasteiger partial charge on any atom is 0.407 e. The molecule has 4 rings (SSSR count). The number of carbonyl (C=O) groups excluding carboxylic acids is 1. The SMILES string of the molecule is CNc1ncc(C2=NC(c3cc(C)c(OCCNC(=O)OC(C)(C)C)c(C)c3)=NC2)c2c1CC(C)(C)CC2. The number of amidine groups is 1. The van der Waals surface area contributed by atoms with Crippen molar-refractivity contribution in [2.75, 3.05) is 32.1 Å². The normalized spacial score (nSPS) is 16.3. The molecule has 0 spiro atoms. The van der Waals surface area contributed by atoms with Gasteiger partial charge in [-0.05, 0) is 93.7 Å². The molecule has 1 aliphatic carbocycles. The van der Waals surface area contributed by atoms with Gasteiger partial charge in [-0.25, -0.2) is 14.8 Å². The minimum atomic E-state index is -0.526. The van der Waals surface area contributed by atoms with Gasteiger partial charge >= 0.3 is 6.09 Å². The van der Waals surface area contributed by atoms with E-state index in [0.29, 0.717) is 19.7 Å². The van der Waals surface area contributed by atoms with Gasteiger partial charge in [0.1, 0.15) is 23.8 Å². The molecule has 0 bridgehead atoms. The average Bonchev–Trinajstić information content (AvgIpc) is 3.30. The molecule has 38 heavy (non-hydrogen) atoms. The van der Waals surface area contributed by atoms with Gasteiger partial charge in [-0.1, -0.05) is 13.8 Å². The van der Waals surface area contributed by atoms with Gasteiger partial charge in [0, 0.05) is 24.4 Å². The van der Waals surface area contributed by atoms with Crippen LogP contribution >= 0.6 is 0 Å². The van der Waals surface area contributed by atoms with E-state index in [1.807, 2.05) is 47.9 Å². The first-order chi connectivity index (χ1) is 17.9. The fourth-order valence-electron chi connectivity index (χ4n) is 5.14. The van der Waals surface area contributed by atoms with Crippen LogP contribution in [0.1, 0.15) is 74.4 Å². The molecule has 0 saturated carbocycles. The Balaban J connectivity index is 1.47.